The fraction of sp³-hybridized carbons (Fsp3) is 0.478. The quantitative estimate of drug-likeness (QED) is 0.858. The Balaban J connectivity index is 1.40. The lowest BCUT2D eigenvalue weighted by Gasteiger charge is -2.42. The average Bonchev–Trinajstić information content (AvgIpc) is 3.15. The van der Waals surface area contributed by atoms with Crippen LogP contribution in [0.15, 0.2) is 48.5 Å². The number of aliphatic hydroxyl groups excluding tert-OH is 1. The first-order chi connectivity index (χ1) is 12.8. The molecule has 0 bridgehead atoms. The minimum atomic E-state index is 0.0356. The number of rotatable bonds is 6. The molecule has 0 unspecified atom stereocenters. The summed E-state index contributed by atoms with van der Waals surface area (Å²) < 4.78 is 5.62. The second kappa shape index (κ2) is 7.81. The molecule has 2 heterocycles. The summed E-state index contributed by atoms with van der Waals surface area (Å²) in [5, 5.41) is 10.2. The Hall–Kier alpha value is -1.84. The van der Waals surface area contributed by atoms with Gasteiger partial charge in [-0.3, -0.25) is 4.90 Å². The van der Waals surface area contributed by atoms with Gasteiger partial charge in [-0.1, -0.05) is 42.5 Å². The normalized spacial score (nSPS) is 22.8. The van der Waals surface area contributed by atoms with E-state index in [1.54, 1.807) is 0 Å². The number of fused-ring (bicyclic) bond motifs is 1. The summed E-state index contributed by atoms with van der Waals surface area (Å²) in [5.41, 5.74) is 4.12. The minimum Gasteiger partial charge on any atom is -0.493 e. The van der Waals surface area contributed by atoms with Crippen molar-refractivity contribution in [1.29, 1.82) is 0 Å². The van der Waals surface area contributed by atoms with Gasteiger partial charge >= 0.3 is 0 Å². The van der Waals surface area contributed by atoms with Crippen LogP contribution in [-0.4, -0.2) is 36.3 Å². The van der Waals surface area contributed by atoms with Crippen molar-refractivity contribution < 1.29 is 9.84 Å². The Labute approximate surface area is 156 Å². The molecule has 0 aromatic heterocycles. The molecule has 0 aliphatic carbocycles. The van der Waals surface area contributed by atoms with Crippen LogP contribution >= 0.6 is 0 Å². The zero-order chi connectivity index (χ0) is 17.8. The highest BCUT2D eigenvalue weighted by molar-refractivity contribution is 5.39. The molecule has 2 aromatic carbocycles. The van der Waals surface area contributed by atoms with Crippen molar-refractivity contribution in [3.05, 3.63) is 65.2 Å². The van der Waals surface area contributed by atoms with E-state index in [9.17, 15) is 5.11 Å². The predicted octanol–water partition coefficient (Wildman–Crippen LogP) is 3.83. The van der Waals surface area contributed by atoms with Gasteiger partial charge in [0.15, 0.2) is 0 Å². The molecule has 3 nitrogen and oxygen atoms in total. The molecular weight excluding hydrogens is 322 g/mol. The molecule has 26 heavy (non-hydrogen) atoms. The van der Waals surface area contributed by atoms with Gasteiger partial charge in [0, 0.05) is 31.5 Å². The molecule has 4 rings (SSSR count). The van der Waals surface area contributed by atoms with Gasteiger partial charge in [-0.2, -0.15) is 0 Å². The number of benzene rings is 2. The van der Waals surface area contributed by atoms with Gasteiger partial charge in [0.1, 0.15) is 5.75 Å². The fourth-order valence-electron chi connectivity index (χ4n) is 4.51. The van der Waals surface area contributed by atoms with E-state index >= 15 is 0 Å². The number of aryl methyl sites for hydroxylation is 1. The van der Waals surface area contributed by atoms with E-state index in [0.29, 0.717) is 0 Å². The number of piperidine rings is 1. The van der Waals surface area contributed by atoms with Crippen LogP contribution in [0.3, 0.4) is 0 Å². The molecule has 2 aliphatic heterocycles. The first kappa shape index (κ1) is 17.6. The van der Waals surface area contributed by atoms with E-state index in [-0.39, 0.29) is 12.0 Å². The molecule has 1 N–H and O–H groups in total. The molecule has 0 radical (unpaired) electrons. The monoisotopic (exact) mass is 351 g/mol. The summed E-state index contributed by atoms with van der Waals surface area (Å²) in [7, 11) is 0. The Morgan fingerprint density at radius 2 is 1.96 bits per heavy atom. The summed E-state index contributed by atoms with van der Waals surface area (Å²) >= 11 is 0. The topological polar surface area (TPSA) is 32.7 Å². The van der Waals surface area contributed by atoms with E-state index in [1.807, 2.05) is 0 Å². The lowest BCUT2D eigenvalue weighted by molar-refractivity contribution is 0.0224. The first-order valence-corrected chi connectivity index (χ1v) is 9.88. The molecule has 138 valence electrons. The van der Waals surface area contributed by atoms with Crippen molar-refractivity contribution in [1.82, 2.24) is 4.90 Å². The summed E-state index contributed by atoms with van der Waals surface area (Å²) in [5.74, 6) is 1.06. The van der Waals surface area contributed by atoms with Gasteiger partial charge in [0.05, 0.1) is 6.61 Å². The van der Waals surface area contributed by atoms with Crippen LogP contribution < -0.4 is 4.74 Å². The Bertz CT molecular complexity index is 730. The molecule has 0 saturated carbocycles. The average molecular weight is 351 g/mol. The van der Waals surface area contributed by atoms with Crippen LogP contribution in [0.2, 0.25) is 0 Å². The number of hydrogen-bond donors (Lipinski definition) is 1. The summed E-state index contributed by atoms with van der Waals surface area (Å²) in [4.78, 5) is 2.53. The highest BCUT2D eigenvalue weighted by Crippen LogP contribution is 2.35. The molecule has 0 amide bonds. The van der Waals surface area contributed by atoms with Crippen molar-refractivity contribution in [3.8, 4) is 5.75 Å². The summed E-state index contributed by atoms with van der Waals surface area (Å²) in [6, 6.07) is 17.3. The van der Waals surface area contributed by atoms with E-state index < -0.39 is 0 Å². The smallest absolute Gasteiger partial charge is 0.122 e. The molecule has 1 saturated heterocycles. The molecule has 1 fully saturated rings. The van der Waals surface area contributed by atoms with Crippen LogP contribution in [0.25, 0.3) is 0 Å². The van der Waals surface area contributed by atoms with Gasteiger partial charge in [0.25, 0.3) is 0 Å². The van der Waals surface area contributed by atoms with Gasteiger partial charge in [-0.05, 0) is 55.0 Å². The van der Waals surface area contributed by atoms with Gasteiger partial charge in [0.2, 0.25) is 0 Å². The molecular formula is C23H29NO2. The minimum absolute atomic E-state index is 0.0356. The van der Waals surface area contributed by atoms with Gasteiger partial charge in [-0.15, -0.1) is 0 Å². The molecule has 3 heteroatoms. The molecule has 1 atom stereocenters. The van der Waals surface area contributed by atoms with Crippen LogP contribution in [0, 0.1) is 5.41 Å². The number of likely N-dealkylation sites (tertiary alicyclic amines) is 1. The maximum Gasteiger partial charge on any atom is 0.122 e. The van der Waals surface area contributed by atoms with Crippen molar-refractivity contribution in [2.24, 2.45) is 5.41 Å². The largest absolute Gasteiger partial charge is 0.493 e. The van der Waals surface area contributed by atoms with Crippen LogP contribution in [-0.2, 0) is 19.4 Å². The zero-order valence-corrected chi connectivity index (χ0v) is 15.5. The predicted molar refractivity (Wildman–Crippen MR) is 104 cm³/mol. The Morgan fingerprint density at radius 3 is 2.81 bits per heavy atom. The summed E-state index contributed by atoms with van der Waals surface area (Å²) in [6.07, 6.45) is 5.43. The number of hydrogen-bond acceptors (Lipinski definition) is 3. The first-order valence-electron chi connectivity index (χ1n) is 9.88. The van der Waals surface area contributed by atoms with Crippen molar-refractivity contribution in [2.45, 2.75) is 38.6 Å². The second-order valence-electron chi connectivity index (χ2n) is 8.00. The Morgan fingerprint density at radius 1 is 1.08 bits per heavy atom. The second-order valence-corrected chi connectivity index (χ2v) is 8.00. The van der Waals surface area contributed by atoms with Crippen molar-refractivity contribution >= 4 is 0 Å². The van der Waals surface area contributed by atoms with Crippen LogP contribution in [0.1, 0.15) is 36.0 Å². The molecule has 0 spiro atoms. The van der Waals surface area contributed by atoms with Crippen molar-refractivity contribution in [3.63, 3.8) is 0 Å². The SMILES string of the molecule is OC[C@]1(CCc2ccccc2)CCCN(Cc2ccc3c(c2)CCO3)C1. The highest BCUT2D eigenvalue weighted by atomic mass is 16.5. The van der Waals surface area contributed by atoms with Crippen LogP contribution in [0.5, 0.6) is 5.75 Å². The standard InChI is InChI=1S/C23H29NO2/c25-18-23(12-9-19-5-2-1-3-6-19)11-4-13-24(17-23)16-20-7-8-22-21(15-20)10-14-26-22/h1-3,5-8,15,25H,4,9-14,16-18H2/t23-/m0/s1. The van der Waals surface area contributed by atoms with Crippen LogP contribution in [0.4, 0.5) is 0 Å². The van der Waals surface area contributed by atoms with Gasteiger partial charge < -0.3 is 9.84 Å². The summed E-state index contributed by atoms with van der Waals surface area (Å²) in [6.45, 7) is 4.19. The van der Waals surface area contributed by atoms with E-state index in [4.69, 9.17) is 4.74 Å². The van der Waals surface area contributed by atoms with E-state index in [0.717, 1.165) is 57.7 Å². The lowest BCUT2D eigenvalue weighted by atomic mass is 9.76. The maximum absolute atomic E-state index is 10.2. The van der Waals surface area contributed by atoms with Gasteiger partial charge in [-0.25, -0.2) is 0 Å². The third-order valence-electron chi connectivity index (χ3n) is 6.02. The third kappa shape index (κ3) is 3.94. The Kier molecular flexibility index (Phi) is 5.28. The molecule has 2 aliphatic rings. The highest BCUT2D eigenvalue weighted by Gasteiger charge is 2.34. The van der Waals surface area contributed by atoms with E-state index in [1.165, 1.54) is 23.1 Å². The van der Waals surface area contributed by atoms with E-state index in [2.05, 4.69) is 53.4 Å². The van der Waals surface area contributed by atoms with Crippen molar-refractivity contribution in [2.75, 3.05) is 26.3 Å². The fourth-order valence-corrected chi connectivity index (χ4v) is 4.51. The molecule has 2 aromatic rings. The maximum atomic E-state index is 10.2. The third-order valence-corrected chi connectivity index (χ3v) is 6.02. The number of aliphatic hydroxyl groups is 1. The lowest BCUT2D eigenvalue weighted by Crippen LogP contribution is -2.45. The zero-order valence-electron chi connectivity index (χ0n) is 15.5. The number of nitrogens with zero attached hydrogens (tertiary/aromatic N) is 1. The number of ether oxygens (including phenoxy) is 1.